The molecule has 0 spiro atoms. The van der Waals surface area contributed by atoms with Gasteiger partial charge in [0.2, 0.25) is 0 Å². The minimum absolute atomic E-state index is 0.174. The molecular weight excluding hydrogens is 434 g/mol. The number of rotatable bonds is 10. The Morgan fingerprint density at radius 2 is 2.00 bits per heavy atom. The minimum Gasteiger partial charge on any atom is -0.394 e. The number of aliphatic hydroxyl groups is 2. The van der Waals surface area contributed by atoms with E-state index < -0.39 is 6.10 Å². The fraction of sp³-hybridized carbons (Fsp3) is 0.250. The maximum Gasteiger partial charge on any atom is 0.274 e. The molecule has 0 saturated heterocycles. The fourth-order valence-corrected chi connectivity index (χ4v) is 3.71. The number of carbonyl (C=O) groups excluding carboxylic acids is 1. The summed E-state index contributed by atoms with van der Waals surface area (Å²) < 4.78 is 3.33. The van der Waals surface area contributed by atoms with Gasteiger partial charge in [0.15, 0.2) is 0 Å². The molecule has 0 bridgehead atoms. The number of benzene rings is 1. The van der Waals surface area contributed by atoms with Crippen LogP contribution in [0.4, 0.5) is 11.4 Å². The van der Waals surface area contributed by atoms with Gasteiger partial charge in [0, 0.05) is 29.4 Å². The number of aromatic nitrogens is 4. The second kappa shape index (κ2) is 10.3. The molecule has 10 nitrogen and oxygen atoms in total. The average Bonchev–Trinajstić information content (AvgIpc) is 3.49. The molecule has 1 aromatic carbocycles. The number of anilines is 2. The Labute approximate surface area is 196 Å². The Hall–Kier alpha value is -4.02. The number of nitrogens with zero attached hydrogens (tertiary/aromatic N) is 4. The fourth-order valence-electron chi connectivity index (χ4n) is 3.71. The third-order valence-corrected chi connectivity index (χ3v) is 5.48. The molecule has 4 aromatic rings. The molecule has 5 N–H and O–H groups in total. The summed E-state index contributed by atoms with van der Waals surface area (Å²) in [5, 5.41) is 37.9. The molecular formula is C24H27N7O3. The molecule has 4 rings (SSSR count). The number of hydrogen-bond acceptors (Lipinski definition) is 7. The smallest absolute Gasteiger partial charge is 0.274 e. The second-order valence-electron chi connectivity index (χ2n) is 7.78. The zero-order chi connectivity index (χ0) is 24.1. The summed E-state index contributed by atoms with van der Waals surface area (Å²) in [6, 6.07) is 12.8. The van der Waals surface area contributed by atoms with Crippen LogP contribution in [0.25, 0.3) is 5.65 Å². The van der Waals surface area contributed by atoms with E-state index in [1.165, 1.54) is 6.20 Å². The molecule has 0 radical (unpaired) electrons. The molecule has 1 amide bonds. The number of carbonyl (C=O) groups is 1. The molecule has 0 saturated carbocycles. The van der Waals surface area contributed by atoms with Crippen LogP contribution in [-0.4, -0.2) is 53.7 Å². The highest BCUT2D eigenvalue weighted by Gasteiger charge is 2.18. The topological polar surface area (TPSA) is 141 Å². The zero-order valence-corrected chi connectivity index (χ0v) is 18.8. The van der Waals surface area contributed by atoms with E-state index in [2.05, 4.69) is 20.7 Å². The zero-order valence-electron chi connectivity index (χ0n) is 18.8. The number of imidazole rings is 1. The van der Waals surface area contributed by atoms with Crippen LogP contribution in [0.1, 0.15) is 35.1 Å². The van der Waals surface area contributed by atoms with E-state index in [0.717, 1.165) is 5.69 Å². The van der Waals surface area contributed by atoms with Crippen LogP contribution in [0.3, 0.4) is 0 Å². The lowest BCUT2D eigenvalue weighted by atomic mass is 10.0. The number of hydrogen-bond donors (Lipinski definition) is 5. The summed E-state index contributed by atoms with van der Waals surface area (Å²) in [7, 11) is 0. The van der Waals surface area contributed by atoms with E-state index in [4.69, 9.17) is 10.5 Å². The summed E-state index contributed by atoms with van der Waals surface area (Å²) in [4.78, 5) is 17.3. The van der Waals surface area contributed by atoms with Crippen molar-refractivity contribution in [3.05, 3.63) is 78.0 Å². The average molecular weight is 462 g/mol. The van der Waals surface area contributed by atoms with Gasteiger partial charge in [-0.1, -0.05) is 19.1 Å². The van der Waals surface area contributed by atoms with Gasteiger partial charge in [-0.15, -0.1) is 0 Å². The van der Waals surface area contributed by atoms with Crippen molar-refractivity contribution in [3.63, 3.8) is 0 Å². The summed E-state index contributed by atoms with van der Waals surface area (Å²) in [5.41, 5.74) is 4.08. The van der Waals surface area contributed by atoms with E-state index in [9.17, 15) is 9.90 Å². The van der Waals surface area contributed by atoms with Gasteiger partial charge in [-0.2, -0.15) is 5.10 Å². The van der Waals surface area contributed by atoms with Gasteiger partial charge in [0.25, 0.3) is 5.91 Å². The van der Waals surface area contributed by atoms with Crippen molar-refractivity contribution >= 4 is 28.6 Å². The molecule has 176 valence electrons. The van der Waals surface area contributed by atoms with Crippen molar-refractivity contribution < 1.29 is 15.0 Å². The van der Waals surface area contributed by atoms with Crippen LogP contribution in [0.2, 0.25) is 0 Å². The van der Waals surface area contributed by atoms with Gasteiger partial charge in [0.05, 0.1) is 43.4 Å². The van der Waals surface area contributed by atoms with Gasteiger partial charge in [-0.05, 0) is 36.8 Å². The lowest BCUT2D eigenvalue weighted by molar-refractivity contribution is 0.0776. The molecule has 10 heteroatoms. The first-order chi connectivity index (χ1) is 16.5. The third-order valence-electron chi connectivity index (χ3n) is 5.48. The van der Waals surface area contributed by atoms with Crippen molar-refractivity contribution in [2.45, 2.75) is 32.5 Å². The summed E-state index contributed by atoms with van der Waals surface area (Å²) >= 11 is 0. The van der Waals surface area contributed by atoms with Crippen LogP contribution in [0, 0.1) is 5.41 Å². The lowest BCUT2D eigenvalue weighted by Gasteiger charge is -2.18. The SMILES string of the molecule is CCC(=N)c1c(NCc2ccnn2CC(O)CO)cccc1NC(=O)c1cnc2ccccn12. The number of pyridine rings is 1. The van der Waals surface area contributed by atoms with Gasteiger partial charge in [0.1, 0.15) is 11.3 Å². The first kappa shape index (κ1) is 23.1. The molecule has 0 aliphatic rings. The molecule has 0 fully saturated rings. The van der Waals surface area contributed by atoms with E-state index in [1.807, 2.05) is 43.3 Å². The Bertz CT molecular complexity index is 1310. The highest BCUT2D eigenvalue weighted by atomic mass is 16.3. The maximum atomic E-state index is 13.1. The number of aliphatic hydroxyl groups excluding tert-OH is 2. The largest absolute Gasteiger partial charge is 0.394 e. The summed E-state index contributed by atoms with van der Waals surface area (Å²) in [6.07, 6.45) is 4.52. The summed E-state index contributed by atoms with van der Waals surface area (Å²) in [5.74, 6) is -0.322. The van der Waals surface area contributed by atoms with Crippen molar-refractivity contribution in [3.8, 4) is 0 Å². The van der Waals surface area contributed by atoms with Crippen molar-refractivity contribution in [1.29, 1.82) is 5.41 Å². The van der Waals surface area contributed by atoms with Gasteiger partial charge >= 0.3 is 0 Å². The normalized spacial score (nSPS) is 12.0. The second-order valence-corrected chi connectivity index (χ2v) is 7.78. The highest BCUT2D eigenvalue weighted by molar-refractivity contribution is 6.12. The monoisotopic (exact) mass is 461 g/mol. The van der Waals surface area contributed by atoms with Gasteiger partial charge < -0.3 is 26.3 Å². The van der Waals surface area contributed by atoms with Crippen LogP contribution in [0.15, 0.2) is 61.1 Å². The lowest BCUT2D eigenvalue weighted by Crippen LogP contribution is -2.23. The molecule has 1 atom stereocenters. The van der Waals surface area contributed by atoms with E-state index in [1.54, 1.807) is 27.5 Å². The van der Waals surface area contributed by atoms with Crippen molar-refractivity contribution in [2.24, 2.45) is 0 Å². The maximum absolute atomic E-state index is 13.1. The minimum atomic E-state index is -0.902. The predicted molar refractivity (Wildman–Crippen MR) is 129 cm³/mol. The van der Waals surface area contributed by atoms with Crippen LogP contribution in [-0.2, 0) is 13.1 Å². The standard InChI is InChI=1S/C24H27N7O3/c1-2-18(25)23-19(26-12-16-9-10-28-31(16)14-17(33)15-32)6-5-7-20(23)29-24(34)21-13-27-22-8-3-4-11-30(21)22/h3-11,13,17,25-26,32-33H,2,12,14-15H2,1H3,(H,29,34). The molecule has 3 heterocycles. The molecule has 34 heavy (non-hydrogen) atoms. The highest BCUT2D eigenvalue weighted by Crippen LogP contribution is 2.27. The van der Waals surface area contributed by atoms with Crippen LogP contribution >= 0.6 is 0 Å². The van der Waals surface area contributed by atoms with E-state index in [0.29, 0.717) is 47.0 Å². The van der Waals surface area contributed by atoms with Crippen LogP contribution < -0.4 is 10.6 Å². The molecule has 1 unspecified atom stereocenters. The Balaban J connectivity index is 1.58. The first-order valence-corrected chi connectivity index (χ1v) is 11.0. The molecule has 3 aromatic heterocycles. The Morgan fingerprint density at radius 1 is 1.18 bits per heavy atom. The van der Waals surface area contributed by atoms with E-state index >= 15 is 0 Å². The van der Waals surface area contributed by atoms with Crippen molar-refractivity contribution in [2.75, 3.05) is 17.2 Å². The Morgan fingerprint density at radius 3 is 2.79 bits per heavy atom. The molecule has 0 aliphatic heterocycles. The van der Waals surface area contributed by atoms with E-state index in [-0.39, 0.29) is 19.1 Å². The number of fused-ring (bicyclic) bond motifs is 1. The van der Waals surface area contributed by atoms with Gasteiger partial charge in [-0.25, -0.2) is 4.98 Å². The quantitative estimate of drug-likeness (QED) is 0.230. The molecule has 0 aliphatic carbocycles. The Kier molecular flexibility index (Phi) is 7.00. The summed E-state index contributed by atoms with van der Waals surface area (Å²) in [6.45, 7) is 2.10. The predicted octanol–water partition coefficient (Wildman–Crippen LogP) is 2.53. The number of nitrogens with one attached hydrogen (secondary N) is 3. The van der Waals surface area contributed by atoms with Crippen molar-refractivity contribution in [1.82, 2.24) is 19.2 Å². The van der Waals surface area contributed by atoms with Crippen LogP contribution in [0.5, 0.6) is 0 Å². The van der Waals surface area contributed by atoms with Gasteiger partial charge in [-0.3, -0.25) is 13.9 Å². The third kappa shape index (κ3) is 4.82. The number of amides is 1. The first-order valence-electron chi connectivity index (χ1n) is 11.0.